The zero-order valence-electron chi connectivity index (χ0n) is 23.6. The van der Waals surface area contributed by atoms with Gasteiger partial charge in [-0.25, -0.2) is 8.42 Å². The summed E-state index contributed by atoms with van der Waals surface area (Å²) in [6.07, 6.45) is 0. The van der Waals surface area contributed by atoms with Crippen LogP contribution in [0.25, 0.3) is 0 Å². The van der Waals surface area contributed by atoms with E-state index in [1.54, 1.807) is 49.4 Å². The Morgan fingerprint density at radius 2 is 1.41 bits per heavy atom. The van der Waals surface area contributed by atoms with Crippen LogP contribution in [0.5, 0.6) is 0 Å². The Kier molecular flexibility index (Phi) is 9.92. The summed E-state index contributed by atoms with van der Waals surface area (Å²) in [7, 11) is -4.08. The SMILES string of the molecule is Cc1ccc(CN(C(=O)CN(c2cccc(C)c2)S(=O)(=O)c2ccc(C)cc2)[C@H](C)C(=O)NCC(C)C)cc1. The Labute approximate surface area is 232 Å². The summed E-state index contributed by atoms with van der Waals surface area (Å²) in [4.78, 5) is 28.5. The molecule has 0 saturated carbocycles. The molecule has 8 heteroatoms. The first kappa shape index (κ1) is 29.9. The fourth-order valence-electron chi connectivity index (χ4n) is 4.07. The third-order valence-electron chi connectivity index (χ3n) is 6.50. The monoisotopic (exact) mass is 549 g/mol. The summed E-state index contributed by atoms with van der Waals surface area (Å²) < 4.78 is 28.9. The average molecular weight is 550 g/mol. The Morgan fingerprint density at radius 3 is 1.97 bits per heavy atom. The van der Waals surface area contributed by atoms with Crippen molar-refractivity contribution in [1.82, 2.24) is 10.2 Å². The Morgan fingerprint density at radius 1 is 0.821 bits per heavy atom. The Hall–Kier alpha value is -3.65. The molecule has 0 heterocycles. The first-order valence-electron chi connectivity index (χ1n) is 13.2. The van der Waals surface area contributed by atoms with Crippen LogP contribution >= 0.6 is 0 Å². The number of anilines is 1. The van der Waals surface area contributed by atoms with Crippen molar-refractivity contribution >= 4 is 27.5 Å². The first-order chi connectivity index (χ1) is 18.4. The lowest BCUT2D eigenvalue weighted by Gasteiger charge is -2.32. The lowest BCUT2D eigenvalue weighted by atomic mass is 10.1. The molecule has 0 aliphatic rings. The van der Waals surface area contributed by atoms with Gasteiger partial charge in [0.2, 0.25) is 11.8 Å². The quantitative estimate of drug-likeness (QED) is 0.365. The van der Waals surface area contributed by atoms with Gasteiger partial charge < -0.3 is 10.2 Å². The molecule has 0 radical (unpaired) electrons. The highest BCUT2D eigenvalue weighted by molar-refractivity contribution is 7.92. The molecule has 0 aromatic heterocycles. The zero-order valence-corrected chi connectivity index (χ0v) is 24.5. The van der Waals surface area contributed by atoms with Crippen LogP contribution in [-0.4, -0.2) is 44.3 Å². The van der Waals surface area contributed by atoms with E-state index < -0.39 is 28.5 Å². The third-order valence-corrected chi connectivity index (χ3v) is 8.29. The maximum atomic E-state index is 13.9. The second-order valence-electron chi connectivity index (χ2n) is 10.5. The number of nitrogens with one attached hydrogen (secondary N) is 1. The number of rotatable bonds is 11. The Balaban J connectivity index is 2.01. The molecule has 3 rings (SSSR count). The molecular weight excluding hydrogens is 510 g/mol. The average Bonchev–Trinajstić information content (AvgIpc) is 2.89. The smallest absolute Gasteiger partial charge is 0.264 e. The minimum Gasteiger partial charge on any atom is -0.354 e. The van der Waals surface area contributed by atoms with Crippen molar-refractivity contribution in [3.05, 3.63) is 95.1 Å². The molecule has 208 valence electrons. The molecule has 0 fully saturated rings. The first-order valence-corrected chi connectivity index (χ1v) is 14.6. The summed E-state index contributed by atoms with van der Waals surface area (Å²) in [5, 5.41) is 2.90. The molecule has 1 N–H and O–H groups in total. The van der Waals surface area contributed by atoms with Crippen molar-refractivity contribution < 1.29 is 18.0 Å². The zero-order chi connectivity index (χ0) is 28.7. The van der Waals surface area contributed by atoms with Crippen LogP contribution in [0.1, 0.15) is 43.0 Å². The van der Waals surface area contributed by atoms with E-state index in [-0.39, 0.29) is 23.3 Å². The molecule has 0 aliphatic carbocycles. The topological polar surface area (TPSA) is 86.8 Å². The van der Waals surface area contributed by atoms with Gasteiger partial charge in [0.25, 0.3) is 10.0 Å². The highest BCUT2D eigenvalue weighted by atomic mass is 32.2. The van der Waals surface area contributed by atoms with E-state index >= 15 is 0 Å². The minimum absolute atomic E-state index is 0.0928. The molecule has 39 heavy (non-hydrogen) atoms. The molecule has 0 spiro atoms. The van der Waals surface area contributed by atoms with Gasteiger partial charge in [-0.1, -0.05) is 73.5 Å². The molecule has 2 amide bonds. The van der Waals surface area contributed by atoms with Crippen molar-refractivity contribution in [2.24, 2.45) is 5.92 Å². The maximum Gasteiger partial charge on any atom is 0.264 e. The maximum absolute atomic E-state index is 13.9. The van der Waals surface area contributed by atoms with E-state index in [0.29, 0.717) is 12.2 Å². The van der Waals surface area contributed by atoms with Crippen molar-refractivity contribution in [3.63, 3.8) is 0 Å². The predicted molar refractivity (Wildman–Crippen MR) is 156 cm³/mol. The van der Waals surface area contributed by atoms with Gasteiger partial charge in [0.1, 0.15) is 12.6 Å². The van der Waals surface area contributed by atoms with Crippen molar-refractivity contribution in [1.29, 1.82) is 0 Å². The van der Waals surface area contributed by atoms with Gasteiger partial charge in [0, 0.05) is 13.1 Å². The predicted octanol–water partition coefficient (Wildman–Crippen LogP) is 5.00. The summed E-state index contributed by atoms with van der Waals surface area (Å²) in [5.41, 5.74) is 4.10. The Bertz CT molecular complexity index is 1380. The highest BCUT2D eigenvalue weighted by Crippen LogP contribution is 2.25. The van der Waals surface area contributed by atoms with E-state index in [9.17, 15) is 18.0 Å². The van der Waals surface area contributed by atoms with Crippen LogP contribution in [0.2, 0.25) is 0 Å². The third kappa shape index (κ3) is 7.93. The van der Waals surface area contributed by atoms with E-state index in [4.69, 9.17) is 0 Å². The van der Waals surface area contributed by atoms with Crippen LogP contribution < -0.4 is 9.62 Å². The number of hydrogen-bond acceptors (Lipinski definition) is 4. The van der Waals surface area contributed by atoms with Gasteiger partial charge in [0.05, 0.1) is 10.6 Å². The van der Waals surface area contributed by atoms with Gasteiger partial charge in [0.15, 0.2) is 0 Å². The number of amides is 2. The molecule has 0 aliphatic heterocycles. The minimum atomic E-state index is -4.08. The van der Waals surface area contributed by atoms with E-state index in [0.717, 1.165) is 26.6 Å². The van der Waals surface area contributed by atoms with Crippen LogP contribution in [-0.2, 0) is 26.2 Å². The van der Waals surface area contributed by atoms with Gasteiger partial charge in [-0.05, 0) is 69.0 Å². The standard InChI is InChI=1S/C31H39N3O4S/c1-22(2)19-32-31(36)26(6)33(20-27-14-10-23(3)11-15-27)30(35)21-34(28-9-7-8-25(5)18-28)39(37,38)29-16-12-24(4)13-17-29/h7-18,22,26H,19-21H2,1-6H3,(H,32,36)/t26-/m1/s1. The van der Waals surface area contributed by atoms with Crippen molar-refractivity contribution in [2.75, 3.05) is 17.4 Å². The number of nitrogens with zero attached hydrogens (tertiary/aromatic N) is 2. The lowest BCUT2D eigenvalue weighted by Crippen LogP contribution is -2.51. The second-order valence-corrected chi connectivity index (χ2v) is 12.3. The van der Waals surface area contributed by atoms with Crippen LogP contribution in [0.15, 0.2) is 77.7 Å². The van der Waals surface area contributed by atoms with E-state index in [2.05, 4.69) is 5.32 Å². The van der Waals surface area contributed by atoms with Crippen molar-refractivity contribution in [3.8, 4) is 0 Å². The molecule has 0 unspecified atom stereocenters. The fourth-order valence-corrected chi connectivity index (χ4v) is 5.48. The van der Waals surface area contributed by atoms with Crippen LogP contribution in [0, 0.1) is 26.7 Å². The molecule has 0 saturated heterocycles. The van der Waals surface area contributed by atoms with Crippen LogP contribution in [0.4, 0.5) is 5.69 Å². The molecular formula is C31H39N3O4S. The molecule has 1 atom stereocenters. The summed E-state index contributed by atoms with van der Waals surface area (Å²) in [6, 6.07) is 20.5. The number of carbonyl (C=O) groups is 2. The molecule has 7 nitrogen and oxygen atoms in total. The normalized spacial score (nSPS) is 12.2. The van der Waals surface area contributed by atoms with Gasteiger partial charge in [-0.3, -0.25) is 13.9 Å². The molecule has 0 bridgehead atoms. The summed E-state index contributed by atoms with van der Waals surface area (Å²) in [5.74, 6) is -0.508. The number of sulfonamides is 1. The van der Waals surface area contributed by atoms with Gasteiger partial charge in [-0.2, -0.15) is 0 Å². The number of hydrogen-bond donors (Lipinski definition) is 1. The van der Waals surface area contributed by atoms with Crippen LogP contribution in [0.3, 0.4) is 0 Å². The van der Waals surface area contributed by atoms with Gasteiger partial charge in [-0.15, -0.1) is 0 Å². The number of aryl methyl sites for hydroxylation is 3. The van der Waals surface area contributed by atoms with Gasteiger partial charge >= 0.3 is 0 Å². The summed E-state index contributed by atoms with van der Waals surface area (Å²) in [6.45, 7) is 11.6. The molecule has 3 aromatic carbocycles. The van der Waals surface area contributed by atoms with E-state index in [1.807, 2.05) is 65.0 Å². The molecule has 3 aromatic rings. The fraction of sp³-hybridized carbons (Fsp3) is 0.355. The summed E-state index contributed by atoms with van der Waals surface area (Å²) >= 11 is 0. The second kappa shape index (κ2) is 12.9. The van der Waals surface area contributed by atoms with Crippen molar-refractivity contribution in [2.45, 2.75) is 59.0 Å². The highest BCUT2D eigenvalue weighted by Gasteiger charge is 2.32. The largest absolute Gasteiger partial charge is 0.354 e. The van der Waals surface area contributed by atoms with E-state index in [1.165, 1.54) is 4.90 Å². The lowest BCUT2D eigenvalue weighted by molar-refractivity contribution is -0.139. The number of carbonyl (C=O) groups excluding carboxylic acids is 2. The number of benzene rings is 3.